The average molecular weight is 197 g/mol. The minimum absolute atomic E-state index is 0.207. The van der Waals surface area contributed by atoms with Crippen LogP contribution in [0.15, 0.2) is 0 Å². The van der Waals surface area contributed by atoms with Gasteiger partial charge in [0.15, 0.2) is 0 Å². The van der Waals surface area contributed by atoms with E-state index in [0.29, 0.717) is 12.5 Å². The second-order valence-electron chi connectivity index (χ2n) is 4.41. The van der Waals surface area contributed by atoms with Crippen LogP contribution in [0, 0.1) is 5.92 Å². The van der Waals surface area contributed by atoms with Gasteiger partial charge >= 0.3 is 0 Å². The second-order valence-corrected chi connectivity index (χ2v) is 4.41. The maximum atomic E-state index is 10.6. The lowest BCUT2D eigenvalue weighted by atomic mass is 9.94. The lowest BCUT2D eigenvalue weighted by Gasteiger charge is -2.31. The number of rotatable bonds is 4. The first kappa shape index (κ1) is 9.93. The third kappa shape index (κ3) is 2.25. The van der Waals surface area contributed by atoms with Crippen molar-refractivity contribution in [1.29, 1.82) is 0 Å². The summed E-state index contributed by atoms with van der Waals surface area (Å²) in [6.07, 6.45) is 3.00. The monoisotopic (exact) mass is 197 g/mol. The van der Waals surface area contributed by atoms with Crippen LogP contribution in [0.1, 0.15) is 19.3 Å². The van der Waals surface area contributed by atoms with Gasteiger partial charge in [-0.15, -0.1) is 0 Å². The van der Waals surface area contributed by atoms with E-state index < -0.39 is 0 Å². The number of nitrogens with zero attached hydrogens (tertiary/aromatic N) is 1. The van der Waals surface area contributed by atoms with Crippen LogP contribution < -0.4 is 11.1 Å². The van der Waals surface area contributed by atoms with Crippen molar-refractivity contribution in [3.8, 4) is 0 Å². The first-order valence-corrected chi connectivity index (χ1v) is 5.50. The van der Waals surface area contributed by atoms with Crippen molar-refractivity contribution in [2.75, 3.05) is 26.2 Å². The van der Waals surface area contributed by atoms with Crippen molar-refractivity contribution in [2.24, 2.45) is 11.7 Å². The highest BCUT2D eigenvalue weighted by Crippen LogP contribution is 2.26. The summed E-state index contributed by atoms with van der Waals surface area (Å²) < 4.78 is 0. The molecule has 0 saturated carbocycles. The van der Waals surface area contributed by atoms with Crippen LogP contribution >= 0.6 is 0 Å². The molecule has 4 nitrogen and oxygen atoms in total. The maximum Gasteiger partial charge on any atom is 0.218 e. The fraction of sp³-hybridized carbons (Fsp3) is 0.900. The van der Waals surface area contributed by atoms with E-state index in [9.17, 15) is 4.79 Å². The lowest BCUT2D eigenvalue weighted by Crippen LogP contribution is -2.44. The molecule has 0 aromatic carbocycles. The van der Waals surface area contributed by atoms with Gasteiger partial charge in [-0.2, -0.15) is 0 Å². The van der Waals surface area contributed by atoms with E-state index in [1.807, 2.05) is 0 Å². The van der Waals surface area contributed by atoms with Crippen molar-refractivity contribution < 1.29 is 4.79 Å². The van der Waals surface area contributed by atoms with Crippen molar-refractivity contribution in [3.63, 3.8) is 0 Å². The summed E-state index contributed by atoms with van der Waals surface area (Å²) in [5.74, 6) is 0.595. The predicted molar refractivity (Wildman–Crippen MR) is 54.8 cm³/mol. The first-order valence-electron chi connectivity index (χ1n) is 5.50. The number of piperidine rings is 1. The first-order chi connectivity index (χ1) is 6.75. The molecule has 3 N–H and O–H groups in total. The number of carbonyl (C=O) groups excluding carboxylic acids is 1. The summed E-state index contributed by atoms with van der Waals surface area (Å²) in [7, 11) is 0. The highest BCUT2D eigenvalue weighted by molar-refractivity contribution is 5.73. The zero-order chi connectivity index (χ0) is 9.97. The summed E-state index contributed by atoms with van der Waals surface area (Å²) >= 11 is 0. The molecule has 0 radical (unpaired) electrons. The Morgan fingerprint density at radius 1 is 1.43 bits per heavy atom. The van der Waals surface area contributed by atoms with Gasteiger partial charge in [0.1, 0.15) is 0 Å². The molecule has 2 rings (SSSR count). The average Bonchev–Trinajstić information content (AvgIpc) is 2.52. The van der Waals surface area contributed by atoms with Crippen molar-refractivity contribution in [1.82, 2.24) is 10.2 Å². The molecule has 1 amide bonds. The molecule has 0 spiro atoms. The SMILES string of the molecule is NC(=O)CCNC1CCN2CCC1C2. The molecule has 2 aliphatic rings. The normalized spacial score (nSPS) is 35.9. The molecule has 2 aliphatic heterocycles. The molecule has 80 valence electrons. The number of hydrogen-bond acceptors (Lipinski definition) is 3. The molecule has 2 heterocycles. The molecule has 3 unspecified atom stereocenters. The van der Waals surface area contributed by atoms with E-state index in [1.54, 1.807) is 0 Å². The van der Waals surface area contributed by atoms with Crippen LogP contribution in [-0.4, -0.2) is 43.0 Å². The third-order valence-corrected chi connectivity index (χ3v) is 3.41. The van der Waals surface area contributed by atoms with Crippen molar-refractivity contribution in [3.05, 3.63) is 0 Å². The van der Waals surface area contributed by atoms with E-state index in [0.717, 1.165) is 12.5 Å². The molecular formula is C10H19N3O. The zero-order valence-electron chi connectivity index (χ0n) is 8.54. The predicted octanol–water partition coefficient (Wildman–Crippen LogP) is -0.454. The third-order valence-electron chi connectivity index (χ3n) is 3.41. The Morgan fingerprint density at radius 2 is 2.21 bits per heavy atom. The van der Waals surface area contributed by atoms with Crippen LogP contribution in [-0.2, 0) is 4.79 Å². The van der Waals surface area contributed by atoms with Crippen molar-refractivity contribution in [2.45, 2.75) is 25.3 Å². The van der Waals surface area contributed by atoms with Crippen molar-refractivity contribution >= 4 is 5.91 Å². The summed E-state index contributed by atoms with van der Waals surface area (Å²) in [6, 6.07) is 0.619. The zero-order valence-corrected chi connectivity index (χ0v) is 8.54. The number of hydrogen-bond donors (Lipinski definition) is 2. The van der Waals surface area contributed by atoms with Gasteiger partial charge < -0.3 is 16.0 Å². The minimum atomic E-state index is -0.207. The fourth-order valence-electron chi connectivity index (χ4n) is 2.60. The minimum Gasteiger partial charge on any atom is -0.370 e. The Bertz CT molecular complexity index is 219. The van der Waals surface area contributed by atoms with Gasteiger partial charge in [0, 0.05) is 25.6 Å². The summed E-state index contributed by atoms with van der Waals surface area (Å²) in [5.41, 5.74) is 5.10. The van der Waals surface area contributed by atoms with E-state index in [4.69, 9.17) is 5.73 Å². The van der Waals surface area contributed by atoms with Crippen LogP contribution in [0.25, 0.3) is 0 Å². The fourth-order valence-corrected chi connectivity index (χ4v) is 2.60. The molecule has 4 heteroatoms. The molecule has 3 atom stereocenters. The van der Waals surface area contributed by atoms with Crippen LogP contribution in [0.3, 0.4) is 0 Å². The maximum absolute atomic E-state index is 10.6. The summed E-state index contributed by atoms with van der Waals surface area (Å²) in [4.78, 5) is 13.1. The molecule has 2 saturated heterocycles. The Kier molecular flexibility index (Phi) is 3.03. The molecule has 0 aliphatic carbocycles. The number of nitrogens with two attached hydrogens (primary N) is 1. The lowest BCUT2D eigenvalue weighted by molar-refractivity contribution is -0.117. The number of fused-ring (bicyclic) bond motifs is 2. The number of nitrogens with one attached hydrogen (secondary N) is 1. The van der Waals surface area contributed by atoms with Gasteiger partial charge in [0.25, 0.3) is 0 Å². The van der Waals surface area contributed by atoms with E-state index in [-0.39, 0.29) is 5.91 Å². The van der Waals surface area contributed by atoms with Gasteiger partial charge in [0.05, 0.1) is 0 Å². The topological polar surface area (TPSA) is 58.4 Å². The van der Waals surface area contributed by atoms with Gasteiger partial charge in [-0.05, 0) is 31.8 Å². The molecule has 2 bridgehead atoms. The quantitative estimate of drug-likeness (QED) is 0.641. The van der Waals surface area contributed by atoms with Crippen LogP contribution in [0.5, 0.6) is 0 Å². The Labute approximate surface area is 84.8 Å². The van der Waals surface area contributed by atoms with Gasteiger partial charge in [-0.3, -0.25) is 4.79 Å². The Hall–Kier alpha value is -0.610. The molecule has 0 aromatic heterocycles. The molecular weight excluding hydrogens is 178 g/mol. The van der Waals surface area contributed by atoms with Gasteiger partial charge in [-0.1, -0.05) is 0 Å². The largest absolute Gasteiger partial charge is 0.370 e. The van der Waals surface area contributed by atoms with Gasteiger partial charge in [-0.25, -0.2) is 0 Å². The highest BCUT2D eigenvalue weighted by atomic mass is 16.1. The summed E-state index contributed by atoms with van der Waals surface area (Å²) in [6.45, 7) is 4.47. The standard InChI is InChI=1S/C10H19N3O/c11-10(14)1-4-12-9-3-6-13-5-2-8(9)7-13/h8-9,12H,1-7H2,(H2,11,14). The van der Waals surface area contributed by atoms with Crippen LogP contribution in [0.4, 0.5) is 0 Å². The highest BCUT2D eigenvalue weighted by Gasteiger charge is 2.33. The molecule has 0 aromatic rings. The van der Waals surface area contributed by atoms with E-state index >= 15 is 0 Å². The second kappa shape index (κ2) is 4.28. The number of carbonyl (C=O) groups is 1. The Morgan fingerprint density at radius 3 is 3.00 bits per heavy atom. The number of primary amides is 1. The van der Waals surface area contributed by atoms with E-state index in [1.165, 1.54) is 32.5 Å². The smallest absolute Gasteiger partial charge is 0.218 e. The van der Waals surface area contributed by atoms with E-state index in [2.05, 4.69) is 10.2 Å². The number of amides is 1. The van der Waals surface area contributed by atoms with Crippen LogP contribution in [0.2, 0.25) is 0 Å². The van der Waals surface area contributed by atoms with Gasteiger partial charge in [0.2, 0.25) is 5.91 Å². The molecule has 2 fully saturated rings. The molecule has 14 heavy (non-hydrogen) atoms. The summed E-state index contributed by atoms with van der Waals surface area (Å²) in [5, 5.41) is 3.45. The Balaban J connectivity index is 1.72.